The molecule has 0 radical (unpaired) electrons. The van der Waals surface area contributed by atoms with Crippen LogP contribution in [0.25, 0.3) is 11.0 Å². The number of hydrogen-bond donors (Lipinski definition) is 4. The van der Waals surface area contributed by atoms with Crippen LogP contribution in [0.1, 0.15) is 36.0 Å². The summed E-state index contributed by atoms with van der Waals surface area (Å²) >= 11 is 0. The molecule has 31 heavy (non-hydrogen) atoms. The zero-order valence-corrected chi connectivity index (χ0v) is 17.1. The molecule has 3 heterocycles. The van der Waals surface area contributed by atoms with Gasteiger partial charge in [-0.25, -0.2) is 14.4 Å². The van der Waals surface area contributed by atoms with Crippen LogP contribution in [0.3, 0.4) is 0 Å². The molecule has 0 aliphatic heterocycles. The summed E-state index contributed by atoms with van der Waals surface area (Å²) in [4.78, 5) is 32.3. The Hall–Kier alpha value is -3.53. The zero-order chi connectivity index (χ0) is 22.1. The number of halogens is 1. The van der Waals surface area contributed by atoms with Gasteiger partial charge in [0.05, 0.1) is 17.4 Å². The van der Waals surface area contributed by atoms with Crippen LogP contribution in [0, 0.1) is 5.82 Å². The summed E-state index contributed by atoms with van der Waals surface area (Å²) in [7, 11) is 1.63. The monoisotopic (exact) mass is 425 g/mol. The highest BCUT2D eigenvalue weighted by atomic mass is 19.1. The van der Waals surface area contributed by atoms with Crippen molar-refractivity contribution >= 4 is 34.3 Å². The van der Waals surface area contributed by atoms with Crippen molar-refractivity contribution < 1.29 is 9.18 Å². The quantitative estimate of drug-likeness (QED) is 0.490. The first-order valence-electron chi connectivity index (χ1n) is 10.1. The van der Waals surface area contributed by atoms with Gasteiger partial charge in [-0.3, -0.25) is 14.2 Å². The third kappa shape index (κ3) is 4.19. The summed E-state index contributed by atoms with van der Waals surface area (Å²) in [5.74, 6) is -1.38. The summed E-state index contributed by atoms with van der Waals surface area (Å²) in [5, 5.41) is 6.78. The Kier molecular flexibility index (Phi) is 5.55. The van der Waals surface area contributed by atoms with Crippen LogP contribution in [-0.4, -0.2) is 32.5 Å². The first-order valence-corrected chi connectivity index (χ1v) is 10.1. The summed E-state index contributed by atoms with van der Waals surface area (Å²) < 4.78 is 16.1. The second-order valence-electron chi connectivity index (χ2n) is 7.77. The van der Waals surface area contributed by atoms with E-state index in [1.165, 1.54) is 16.8 Å². The maximum Gasteiger partial charge on any atom is 0.252 e. The number of primary amides is 1. The predicted octanol–water partition coefficient (Wildman–Crippen LogP) is 1.99. The van der Waals surface area contributed by atoms with Crippen LogP contribution in [0.2, 0.25) is 0 Å². The molecule has 3 aromatic heterocycles. The van der Waals surface area contributed by atoms with E-state index in [2.05, 4.69) is 20.6 Å². The molecule has 1 aliphatic rings. The minimum Gasteiger partial charge on any atom is -0.365 e. The van der Waals surface area contributed by atoms with Gasteiger partial charge in [-0.15, -0.1) is 0 Å². The Morgan fingerprint density at radius 3 is 2.74 bits per heavy atom. The van der Waals surface area contributed by atoms with Crippen molar-refractivity contribution in [3.63, 3.8) is 0 Å². The molecule has 0 bridgehead atoms. The van der Waals surface area contributed by atoms with Gasteiger partial charge < -0.3 is 22.1 Å². The van der Waals surface area contributed by atoms with Gasteiger partial charge in [0.1, 0.15) is 11.5 Å². The van der Waals surface area contributed by atoms with Crippen molar-refractivity contribution in [3.8, 4) is 0 Å². The Morgan fingerprint density at radius 2 is 2.00 bits per heavy atom. The van der Waals surface area contributed by atoms with Gasteiger partial charge in [0.15, 0.2) is 11.6 Å². The Morgan fingerprint density at radius 1 is 1.23 bits per heavy atom. The maximum atomic E-state index is 14.7. The molecular weight excluding hydrogens is 401 g/mol. The standard InChI is InChI=1S/C21H24FN7O2/c1-29-17(30)7-6-11-8-12(10-25-21(11)29)26-19-13(18(24)31)9-14(22)20(28-19)27-16-5-3-2-4-15(16)23/h6-10,15-16H,2-5,23H2,1H3,(H2,24,31)(H2,26,27,28)/t15-,16?/m0/s1. The fourth-order valence-corrected chi connectivity index (χ4v) is 3.85. The number of nitrogens with zero attached hydrogens (tertiary/aromatic N) is 3. The number of hydrogen-bond acceptors (Lipinski definition) is 7. The first-order chi connectivity index (χ1) is 14.8. The van der Waals surface area contributed by atoms with E-state index in [4.69, 9.17) is 11.5 Å². The van der Waals surface area contributed by atoms with Crippen LogP contribution < -0.4 is 27.7 Å². The lowest BCUT2D eigenvalue weighted by Crippen LogP contribution is -2.43. The molecule has 0 saturated heterocycles. The van der Waals surface area contributed by atoms with Gasteiger partial charge in [-0.1, -0.05) is 12.8 Å². The maximum absolute atomic E-state index is 14.7. The fourth-order valence-electron chi connectivity index (χ4n) is 3.85. The average molecular weight is 425 g/mol. The van der Waals surface area contributed by atoms with Crippen LogP contribution in [0.15, 0.2) is 35.3 Å². The Balaban J connectivity index is 1.69. The topological polar surface area (TPSA) is 141 Å². The van der Waals surface area contributed by atoms with Crippen LogP contribution >= 0.6 is 0 Å². The summed E-state index contributed by atoms with van der Waals surface area (Å²) in [5.41, 5.74) is 12.4. The molecule has 6 N–H and O–H groups in total. The van der Waals surface area contributed by atoms with Gasteiger partial charge in [0.2, 0.25) is 0 Å². The van der Waals surface area contributed by atoms with Crippen molar-refractivity contribution in [1.82, 2.24) is 14.5 Å². The van der Waals surface area contributed by atoms with Gasteiger partial charge in [0.25, 0.3) is 11.5 Å². The van der Waals surface area contributed by atoms with E-state index in [-0.39, 0.29) is 34.8 Å². The van der Waals surface area contributed by atoms with Crippen molar-refractivity contribution in [2.75, 3.05) is 10.6 Å². The van der Waals surface area contributed by atoms with Crippen molar-refractivity contribution in [1.29, 1.82) is 0 Å². The molecule has 1 unspecified atom stereocenters. The van der Waals surface area contributed by atoms with Crippen LogP contribution in [-0.2, 0) is 7.05 Å². The molecular formula is C21H24FN7O2. The normalized spacial score (nSPS) is 18.7. The second-order valence-corrected chi connectivity index (χ2v) is 7.77. The Bertz CT molecular complexity index is 1210. The van der Waals surface area contributed by atoms with E-state index in [0.29, 0.717) is 16.7 Å². The predicted molar refractivity (Wildman–Crippen MR) is 117 cm³/mol. The molecule has 9 nitrogen and oxygen atoms in total. The smallest absolute Gasteiger partial charge is 0.252 e. The SMILES string of the molecule is Cn1c(=O)ccc2cc(Nc3nc(NC4CCCC[C@@H]4N)c(F)cc3C(N)=O)cnc21. The number of nitrogens with two attached hydrogens (primary N) is 2. The minimum atomic E-state index is -0.814. The van der Waals surface area contributed by atoms with E-state index in [1.54, 1.807) is 19.2 Å². The van der Waals surface area contributed by atoms with Crippen molar-refractivity contribution in [3.05, 3.63) is 52.2 Å². The van der Waals surface area contributed by atoms with Crippen molar-refractivity contribution in [2.24, 2.45) is 18.5 Å². The number of aryl methyl sites for hydroxylation is 1. The molecule has 1 saturated carbocycles. The van der Waals surface area contributed by atoms with E-state index in [9.17, 15) is 14.0 Å². The lowest BCUT2D eigenvalue weighted by Gasteiger charge is -2.30. The fraction of sp³-hybridized carbons (Fsp3) is 0.333. The van der Waals surface area contributed by atoms with Crippen LogP contribution in [0.5, 0.6) is 0 Å². The van der Waals surface area contributed by atoms with Crippen molar-refractivity contribution in [2.45, 2.75) is 37.8 Å². The van der Waals surface area contributed by atoms with Gasteiger partial charge >= 0.3 is 0 Å². The third-order valence-corrected chi connectivity index (χ3v) is 5.59. The number of rotatable bonds is 5. The molecule has 10 heteroatoms. The minimum absolute atomic E-state index is 0.00555. The van der Waals surface area contributed by atoms with E-state index in [0.717, 1.165) is 31.7 Å². The van der Waals surface area contributed by atoms with E-state index < -0.39 is 11.7 Å². The summed E-state index contributed by atoms with van der Waals surface area (Å²) in [6.45, 7) is 0. The lowest BCUT2D eigenvalue weighted by atomic mass is 9.91. The zero-order valence-electron chi connectivity index (χ0n) is 17.1. The Labute approximate surface area is 177 Å². The van der Waals surface area contributed by atoms with E-state index in [1.807, 2.05) is 0 Å². The largest absolute Gasteiger partial charge is 0.365 e. The lowest BCUT2D eigenvalue weighted by molar-refractivity contribution is 0.100. The average Bonchev–Trinajstić information content (AvgIpc) is 2.74. The van der Waals surface area contributed by atoms with E-state index >= 15 is 0 Å². The number of anilines is 3. The number of amides is 1. The second kappa shape index (κ2) is 8.31. The molecule has 4 rings (SSSR count). The molecule has 1 amide bonds. The highest BCUT2D eigenvalue weighted by molar-refractivity contribution is 5.98. The molecule has 2 atom stereocenters. The van der Waals surface area contributed by atoms with Gasteiger partial charge in [-0.05, 0) is 31.0 Å². The first kappa shape index (κ1) is 20.7. The number of aromatic nitrogens is 3. The molecule has 3 aromatic rings. The molecule has 0 spiro atoms. The molecule has 162 valence electrons. The van der Waals surface area contributed by atoms with Crippen LogP contribution in [0.4, 0.5) is 21.7 Å². The molecule has 1 aliphatic carbocycles. The van der Waals surface area contributed by atoms with Gasteiger partial charge in [0, 0.05) is 30.6 Å². The molecule has 1 fully saturated rings. The summed E-state index contributed by atoms with van der Waals surface area (Å²) in [6.07, 6.45) is 5.22. The molecule has 0 aromatic carbocycles. The number of carbonyl (C=O) groups is 1. The highest BCUT2D eigenvalue weighted by Gasteiger charge is 2.24. The number of fused-ring (bicyclic) bond motifs is 1. The highest BCUT2D eigenvalue weighted by Crippen LogP contribution is 2.27. The summed E-state index contributed by atoms with van der Waals surface area (Å²) in [6, 6.07) is 5.70. The number of pyridine rings is 3. The number of nitrogens with one attached hydrogen (secondary N) is 2. The van der Waals surface area contributed by atoms with Gasteiger partial charge in [-0.2, -0.15) is 0 Å². The third-order valence-electron chi connectivity index (χ3n) is 5.59. The number of carbonyl (C=O) groups excluding carboxylic acids is 1.